The number of nitrogens with one attached hydrogen (secondary N) is 2. The van der Waals surface area contributed by atoms with E-state index in [-0.39, 0.29) is 36.7 Å². The minimum atomic E-state index is -0.652. The molecule has 0 aromatic heterocycles. The molecule has 1 heterocycles. The first kappa shape index (κ1) is 36.7. The van der Waals surface area contributed by atoms with Gasteiger partial charge in [0, 0.05) is 43.1 Å². The highest BCUT2D eigenvalue weighted by atomic mass is 16.7. The van der Waals surface area contributed by atoms with E-state index in [9.17, 15) is 19.8 Å². The van der Waals surface area contributed by atoms with E-state index in [0.29, 0.717) is 55.7 Å². The molecular weight excluding hydrogens is 632 g/mol. The van der Waals surface area contributed by atoms with Gasteiger partial charge >= 0.3 is 0 Å². The van der Waals surface area contributed by atoms with Crippen LogP contribution < -0.4 is 16.4 Å². The maximum Gasteiger partial charge on any atom is 0.224 e. The average Bonchev–Trinajstić information content (AvgIpc) is 3.14. The lowest BCUT2D eigenvalue weighted by Crippen LogP contribution is -2.43. The van der Waals surface area contributed by atoms with Crippen molar-refractivity contribution in [2.24, 2.45) is 0 Å². The van der Waals surface area contributed by atoms with Crippen molar-refractivity contribution in [3.63, 3.8) is 0 Å². The van der Waals surface area contributed by atoms with E-state index in [0.717, 1.165) is 22.3 Å². The Morgan fingerprint density at radius 1 is 0.840 bits per heavy atom. The zero-order valence-corrected chi connectivity index (χ0v) is 28.7. The fourth-order valence-corrected chi connectivity index (χ4v) is 6.03. The van der Waals surface area contributed by atoms with Gasteiger partial charge in [-0.25, -0.2) is 0 Å². The van der Waals surface area contributed by atoms with Gasteiger partial charge in [-0.15, -0.1) is 0 Å². The quantitative estimate of drug-likeness (QED) is 0.0707. The van der Waals surface area contributed by atoms with Crippen molar-refractivity contribution in [1.82, 2.24) is 4.90 Å². The summed E-state index contributed by atoms with van der Waals surface area (Å²) in [5.41, 5.74) is 11.1. The third-order valence-corrected chi connectivity index (χ3v) is 9.16. The summed E-state index contributed by atoms with van der Waals surface area (Å²) in [5, 5.41) is 26.3. The van der Waals surface area contributed by atoms with Crippen molar-refractivity contribution in [1.29, 1.82) is 0 Å². The molecule has 5 atom stereocenters. The van der Waals surface area contributed by atoms with Gasteiger partial charge in [0.2, 0.25) is 11.8 Å². The number of rotatable bonds is 15. The van der Waals surface area contributed by atoms with E-state index in [2.05, 4.69) is 15.5 Å². The number of anilines is 3. The number of hydrogen-bond acceptors (Lipinski definition) is 8. The molecule has 264 valence electrons. The molecule has 5 rings (SSSR count). The number of hydrogen-bond donors (Lipinski definition) is 5. The minimum absolute atomic E-state index is 0.0304. The van der Waals surface area contributed by atoms with Crippen molar-refractivity contribution in [2.45, 2.75) is 76.3 Å². The van der Waals surface area contributed by atoms with E-state index in [1.54, 1.807) is 12.1 Å². The van der Waals surface area contributed by atoms with Crippen molar-refractivity contribution < 1.29 is 29.3 Å². The molecule has 0 aliphatic carbocycles. The molecule has 0 spiro atoms. The van der Waals surface area contributed by atoms with Crippen LogP contribution in [-0.2, 0) is 25.7 Å². The molecular formula is C40H48N4O6. The van der Waals surface area contributed by atoms with Crippen molar-refractivity contribution in [3.05, 3.63) is 125 Å². The van der Waals surface area contributed by atoms with Crippen LogP contribution in [0, 0.1) is 0 Å². The number of aliphatic hydroxyl groups excluding tert-OH is 2. The van der Waals surface area contributed by atoms with E-state index in [1.807, 2.05) is 105 Å². The van der Waals surface area contributed by atoms with Gasteiger partial charge in [0.15, 0.2) is 6.29 Å². The van der Waals surface area contributed by atoms with Crippen LogP contribution in [0.15, 0.2) is 103 Å². The first-order chi connectivity index (χ1) is 24.2. The molecule has 10 nitrogen and oxygen atoms in total. The fraction of sp³-hybridized carbons (Fsp3) is 0.350. The van der Waals surface area contributed by atoms with Gasteiger partial charge < -0.3 is 36.1 Å². The highest BCUT2D eigenvalue weighted by Gasteiger charge is 2.34. The number of carbonyl (C=O) groups is 2. The summed E-state index contributed by atoms with van der Waals surface area (Å²) >= 11 is 0. The number of carbonyl (C=O) groups excluding carboxylic acids is 2. The summed E-state index contributed by atoms with van der Waals surface area (Å²) in [5.74, 6) is -0.263. The molecule has 4 aromatic rings. The molecule has 0 saturated carbocycles. The topological polar surface area (TPSA) is 146 Å². The van der Waals surface area contributed by atoms with E-state index < -0.39 is 12.4 Å². The Morgan fingerprint density at radius 3 is 2.12 bits per heavy atom. The number of nitrogens with zero attached hydrogens (tertiary/aromatic N) is 1. The normalized spacial score (nSPS) is 18.7. The highest BCUT2D eigenvalue weighted by Crippen LogP contribution is 2.38. The SMILES string of the molecule is CC(C(O)c1ccccc1)N(C)CC1CC(c2ccc(CO)cc2)OC(c2ccc(NC(=O)CCCCC(=O)Nc3ccccc3N)cc2)O1. The van der Waals surface area contributed by atoms with Crippen LogP contribution in [0.1, 0.15) is 79.8 Å². The number of ether oxygens (including phenoxy) is 2. The lowest BCUT2D eigenvalue weighted by Gasteiger charge is -2.39. The first-order valence-electron chi connectivity index (χ1n) is 17.2. The number of amides is 2. The largest absolute Gasteiger partial charge is 0.397 e. The van der Waals surface area contributed by atoms with Crippen LogP contribution in [0.25, 0.3) is 0 Å². The fourth-order valence-electron chi connectivity index (χ4n) is 6.03. The Morgan fingerprint density at radius 2 is 1.46 bits per heavy atom. The lowest BCUT2D eigenvalue weighted by molar-refractivity contribution is -0.253. The number of nitrogen functional groups attached to an aromatic ring is 1. The molecule has 1 saturated heterocycles. The lowest BCUT2D eigenvalue weighted by atomic mass is 9.98. The molecule has 4 aromatic carbocycles. The number of benzene rings is 4. The Kier molecular flexibility index (Phi) is 13.1. The first-order valence-corrected chi connectivity index (χ1v) is 17.2. The van der Waals surface area contributed by atoms with Gasteiger partial charge in [0.25, 0.3) is 0 Å². The van der Waals surface area contributed by atoms with Gasteiger partial charge in [-0.3, -0.25) is 14.5 Å². The van der Waals surface area contributed by atoms with Crippen molar-refractivity contribution in [3.8, 4) is 0 Å². The third kappa shape index (κ3) is 10.2. The highest BCUT2D eigenvalue weighted by molar-refractivity contribution is 5.94. The number of aliphatic hydroxyl groups is 2. The zero-order valence-electron chi connectivity index (χ0n) is 28.7. The second-order valence-electron chi connectivity index (χ2n) is 12.9. The number of likely N-dealkylation sites (N-methyl/N-ethyl adjacent to an activating group) is 1. The van der Waals surface area contributed by atoms with E-state index in [4.69, 9.17) is 15.2 Å². The van der Waals surface area contributed by atoms with Gasteiger partial charge in [0.1, 0.15) is 0 Å². The Hall–Kier alpha value is -4.58. The van der Waals surface area contributed by atoms with Gasteiger partial charge in [-0.05, 0) is 67.8 Å². The Labute approximate surface area is 294 Å². The van der Waals surface area contributed by atoms with Crippen LogP contribution in [-0.4, -0.2) is 52.7 Å². The van der Waals surface area contributed by atoms with E-state index >= 15 is 0 Å². The predicted octanol–water partition coefficient (Wildman–Crippen LogP) is 6.50. The second kappa shape index (κ2) is 17.9. The molecule has 50 heavy (non-hydrogen) atoms. The summed E-state index contributed by atoms with van der Waals surface area (Å²) < 4.78 is 13.0. The van der Waals surface area contributed by atoms with Crippen LogP contribution >= 0.6 is 0 Å². The summed E-state index contributed by atoms with van der Waals surface area (Å²) in [6, 6.07) is 31.8. The molecule has 5 unspecified atom stereocenters. The van der Waals surface area contributed by atoms with Crippen molar-refractivity contribution >= 4 is 28.9 Å². The Balaban J connectivity index is 1.17. The summed E-state index contributed by atoms with van der Waals surface area (Å²) in [6.45, 7) is 2.55. The third-order valence-electron chi connectivity index (χ3n) is 9.16. The van der Waals surface area contributed by atoms with Gasteiger partial charge in [-0.1, -0.05) is 78.9 Å². The Bertz CT molecular complexity index is 1670. The molecule has 1 aliphatic heterocycles. The van der Waals surface area contributed by atoms with Crippen LogP contribution in [0.5, 0.6) is 0 Å². The molecule has 10 heteroatoms. The maximum absolute atomic E-state index is 12.6. The van der Waals surface area contributed by atoms with Gasteiger partial charge in [-0.2, -0.15) is 0 Å². The molecule has 0 radical (unpaired) electrons. The monoisotopic (exact) mass is 680 g/mol. The minimum Gasteiger partial charge on any atom is -0.397 e. The molecule has 1 fully saturated rings. The van der Waals surface area contributed by atoms with Gasteiger partial charge in [0.05, 0.1) is 36.3 Å². The second-order valence-corrected chi connectivity index (χ2v) is 12.9. The van der Waals surface area contributed by atoms with Crippen LogP contribution in [0.4, 0.5) is 17.1 Å². The molecule has 1 aliphatic rings. The smallest absolute Gasteiger partial charge is 0.224 e. The maximum atomic E-state index is 12.6. The molecule has 2 amide bonds. The van der Waals surface area contributed by atoms with Crippen LogP contribution in [0.3, 0.4) is 0 Å². The predicted molar refractivity (Wildman–Crippen MR) is 195 cm³/mol. The number of para-hydroxylation sites is 2. The number of nitrogens with two attached hydrogens (primary N) is 1. The molecule has 0 bridgehead atoms. The summed E-state index contributed by atoms with van der Waals surface area (Å²) in [6.07, 6.45) is 0.604. The number of unbranched alkanes of at least 4 members (excludes halogenated alkanes) is 1. The molecule has 6 N–H and O–H groups in total. The standard InChI is InChI=1S/C40H48N4O6/c1-27(39(48)30-10-4-3-5-11-30)44(2)25-33-24-36(29-18-16-28(26-45)17-19-29)50-40(49-33)31-20-22-32(23-21-31)42-37(46)14-8-9-15-38(47)43-35-13-7-6-12-34(35)41/h3-7,10-13,16-23,27,33,36,39-40,45,48H,8-9,14-15,24-26,41H2,1-2H3,(H,42,46)(H,43,47). The summed E-state index contributed by atoms with van der Waals surface area (Å²) in [4.78, 5) is 27.0. The van der Waals surface area contributed by atoms with Crippen molar-refractivity contribution in [2.75, 3.05) is 30.0 Å². The van der Waals surface area contributed by atoms with Crippen LogP contribution in [0.2, 0.25) is 0 Å². The zero-order chi connectivity index (χ0) is 35.5. The average molecular weight is 681 g/mol. The summed E-state index contributed by atoms with van der Waals surface area (Å²) in [7, 11) is 1.99. The van der Waals surface area contributed by atoms with E-state index in [1.165, 1.54) is 0 Å².